The fraction of sp³-hybridized carbons (Fsp3) is 0.957. The minimum Gasteiger partial charge on any atom is -0.463 e. The van der Waals surface area contributed by atoms with Crippen LogP contribution in [-0.4, -0.2) is 49.1 Å². The summed E-state index contributed by atoms with van der Waals surface area (Å²) in [6.45, 7) is 11.8. The van der Waals surface area contributed by atoms with Gasteiger partial charge in [-0.3, -0.25) is 14.5 Å². The van der Waals surface area contributed by atoms with Gasteiger partial charge in [0, 0.05) is 26.1 Å². The topological polar surface area (TPSA) is 58.6 Å². The minimum absolute atomic E-state index is 0.0393. The fourth-order valence-electron chi connectivity index (χ4n) is 8.38. The monoisotopic (exact) mass is 733 g/mol. The molecule has 1 heterocycles. The number of esters is 1. The molecule has 0 aromatic rings. The molecule has 1 N–H and O–H groups in total. The van der Waals surface area contributed by atoms with Crippen molar-refractivity contribution in [3.05, 3.63) is 0 Å². The van der Waals surface area contributed by atoms with E-state index in [2.05, 4.69) is 37.9 Å². The number of unbranched alkanes of at least 4 members (excludes halogenated alkanes) is 30. The Morgan fingerprint density at radius 3 is 1.21 bits per heavy atom. The van der Waals surface area contributed by atoms with Crippen molar-refractivity contribution in [2.24, 2.45) is 11.8 Å². The van der Waals surface area contributed by atoms with Gasteiger partial charge in [-0.25, -0.2) is 0 Å². The summed E-state index contributed by atoms with van der Waals surface area (Å²) in [5, 5.41) is 3.21. The average molecular weight is 733 g/mol. The second-order valence-corrected chi connectivity index (χ2v) is 17.2. The van der Waals surface area contributed by atoms with Crippen LogP contribution in [0.25, 0.3) is 0 Å². The van der Waals surface area contributed by atoms with E-state index in [1.54, 1.807) is 0 Å². The number of nitrogens with one attached hydrogen (secondary N) is 1. The summed E-state index contributed by atoms with van der Waals surface area (Å²) in [5.41, 5.74) is 0. The Bertz CT molecular complexity index is 779. The maximum Gasteiger partial charge on any atom is 0.305 e. The zero-order valence-corrected chi connectivity index (χ0v) is 35.8. The Labute approximate surface area is 325 Å². The van der Waals surface area contributed by atoms with Crippen LogP contribution in [0.3, 0.4) is 0 Å². The van der Waals surface area contributed by atoms with Gasteiger partial charge in [-0.15, -0.1) is 0 Å². The average Bonchev–Trinajstić information content (AvgIpc) is 3.12. The van der Waals surface area contributed by atoms with E-state index in [1.165, 1.54) is 193 Å². The second kappa shape index (κ2) is 36.9. The number of carbonyl (C=O) groups excluding carboxylic acids is 2. The molecule has 0 aromatic carbocycles. The summed E-state index contributed by atoms with van der Waals surface area (Å²) in [6, 6.07) is -0.374. The minimum atomic E-state index is -0.374. The van der Waals surface area contributed by atoms with Crippen LogP contribution in [0.2, 0.25) is 0 Å². The quantitative estimate of drug-likeness (QED) is 0.0507. The van der Waals surface area contributed by atoms with Crippen molar-refractivity contribution < 1.29 is 14.3 Å². The highest BCUT2D eigenvalue weighted by Gasteiger charge is 2.32. The van der Waals surface area contributed by atoms with Crippen molar-refractivity contribution in [2.45, 2.75) is 252 Å². The molecule has 1 amide bonds. The summed E-state index contributed by atoms with van der Waals surface area (Å²) in [7, 11) is 0. The highest BCUT2D eigenvalue weighted by molar-refractivity contribution is 5.82. The van der Waals surface area contributed by atoms with Gasteiger partial charge in [0.2, 0.25) is 5.91 Å². The smallest absolute Gasteiger partial charge is 0.305 e. The zero-order valence-electron chi connectivity index (χ0n) is 35.8. The van der Waals surface area contributed by atoms with Gasteiger partial charge >= 0.3 is 5.97 Å². The van der Waals surface area contributed by atoms with Gasteiger partial charge in [-0.1, -0.05) is 220 Å². The summed E-state index contributed by atoms with van der Waals surface area (Å²) >= 11 is 0. The summed E-state index contributed by atoms with van der Waals surface area (Å²) < 4.78 is 5.77. The van der Waals surface area contributed by atoms with Crippen LogP contribution in [0, 0.1) is 11.8 Å². The van der Waals surface area contributed by atoms with Crippen LogP contribution in [0.1, 0.15) is 246 Å². The first-order chi connectivity index (χ1) is 25.5. The third-order valence-corrected chi connectivity index (χ3v) is 11.6. The fourth-order valence-corrected chi connectivity index (χ4v) is 8.38. The normalized spacial score (nSPS) is 17.0. The van der Waals surface area contributed by atoms with Crippen molar-refractivity contribution in [3.63, 3.8) is 0 Å². The molecule has 0 saturated carbocycles. The van der Waals surface area contributed by atoms with Gasteiger partial charge in [-0.05, 0) is 31.1 Å². The molecule has 1 saturated heterocycles. The number of hydrogen-bond acceptors (Lipinski definition) is 4. The predicted octanol–water partition coefficient (Wildman–Crippen LogP) is 13.9. The molecule has 1 fully saturated rings. The van der Waals surface area contributed by atoms with Crippen LogP contribution in [0.4, 0.5) is 0 Å². The van der Waals surface area contributed by atoms with Gasteiger partial charge in [0.1, 0.15) is 12.6 Å². The number of ether oxygens (including phenoxy) is 1. The van der Waals surface area contributed by atoms with Gasteiger partial charge in [-0.2, -0.15) is 0 Å². The Hall–Kier alpha value is -1.10. The van der Waals surface area contributed by atoms with E-state index in [0.29, 0.717) is 18.3 Å². The predicted molar refractivity (Wildman–Crippen MR) is 226 cm³/mol. The highest BCUT2D eigenvalue weighted by atomic mass is 16.5. The van der Waals surface area contributed by atoms with Gasteiger partial charge in [0.05, 0.1) is 0 Å². The summed E-state index contributed by atoms with van der Waals surface area (Å²) in [6.07, 6.45) is 44.5. The van der Waals surface area contributed by atoms with Crippen LogP contribution in [0.5, 0.6) is 0 Å². The molecule has 52 heavy (non-hydrogen) atoms. The van der Waals surface area contributed by atoms with E-state index in [0.717, 1.165) is 38.9 Å². The molecule has 1 aliphatic rings. The van der Waals surface area contributed by atoms with E-state index < -0.39 is 0 Å². The van der Waals surface area contributed by atoms with Crippen LogP contribution >= 0.6 is 0 Å². The van der Waals surface area contributed by atoms with Crippen molar-refractivity contribution in [1.29, 1.82) is 0 Å². The van der Waals surface area contributed by atoms with Gasteiger partial charge in [0.25, 0.3) is 0 Å². The molecule has 0 radical (unpaired) electrons. The van der Waals surface area contributed by atoms with E-state index >= 15 is 0 Å². The second-order valence-electron chi connectivity index (χ2n) is 17.2. The first-order valence-corrected chi connectivity index (χ1v) is 23.6. The number of rotatable bonds is 38. The lowest BCUT2D eigenvalue weighted by molar-refractivity contribution is -0.148. The van der Waals surface area contributed by atoms with Gasteiger partial charge < -0.3 is 10.1 Å². The third-order valence-electron chi connectivity index (χ3n) is 11.6. The van der Waals surface area contributed by atoms with E-state index in [1.807, 2.05) is 0 Å². The molecule has 5 nitrogen and oxygen atoms in total. The molecule has 1 rings (SSSR count). The van der Waals surface area contributed by atoms with Crippen LogP contribution < -0.4 is 5.32 Å². The molecule has 0 aromatic heterocycles. The lowest BCUT2D eigenvalue weighted by Crippen LogP contribution is -2.54. The van der Waals surface area contributed by atoms with Crippen molar-refractivity contribution in [3.8, 4) is 0 Å². The molecule has 0 bridgehead atoms. The number of amides is 1. The maximum absolute atomic E-state index is 13.4. The lowest BCUT2D eigenvalue weighted by Gasteiger charge is -2.39. The van der Waals surface area contributed by atoms with E-state index in [9.17, 15) is 9.59 Å². The molecule has 3 atom stereocenters. The lowest BCUT2D eigenvalue weighted by atomic mass is 9.91. The molecule has 0 aliphatic carbocycles. The largest absolute Gasteiger partial charge is 0.463 e. The zero-order chi connectivity index (χ0) is 37.7. The first kappa shape index (κ1) is 48.9. The maximum atomic E-state index is 13.4. The Balaban J connectivity index is 2.12. The summed E-state index contributed by atoms with van der Waals surface area (Å²) in [5.74, 6) is 1.01. The summed E-state index contributed by atoms with van der Waals surface area (Å²) in [4.78, 5) is 28.4. The van der Waals surface area contributed by atoms with Crippen molar-refractivity contribution in [1.82, 2.24) is 10.2 Å². The molecular formula is C47H92N2O3. The Morgan fingerprint density at radius 2 is 0.846 bits per heavy atom. The SMILES string of the molecule is CCCCCCCCCCCCCCCCCCNC(=O)C(COC(=O)CCCCCCCCCCCCCCCCCC)N1CC(C)CC(C)C1. The molecule has 0 spiro atoms. The van der Waals surface area contributed by atoms with Crippen LogP contribution in [0.15, 0.2) is 0 Å². The Morgan fingerprint density at radius 1 is 0.519 bits per heavy atom. The molecule has 5 heteroatoms. The number of carbonyl (C=O) groups is 2. The third kappa shape index (κ3) is 30.3. The number of hydrogen-bond donors (Lipinski definition) is 1. The van der Waals surface area contributed by atoms with E-state index in [-0.39, 0.29) is 24.5 Å². The first-order valence-electron chi connectivity index (χ1n) is 23.6. The van der Waals surface area contributed by atoms with E-state index in [4.69, 9.17) is 4.74 Å². The molecular weight excluding hydrogens is 641 g/mol. The Kier molecular flexibility index (Phi) is 34.7. The van der Waals surface area contributed by atoms with Crippen molar-refractivity contribution >= 4 is 11.9 Å². The number of likely N-dealkylation sites (tertiary alicyclic amines) is 1. The molecule has 1 aliphatic heterocycles. The van der Waals surface area contributed by atoms with Crippen molar-refractivity contribution in [2.75, 3.05) is 26.2 Å². The number of nitrogens with zero attached hydrogens (tertiary/aromatic N) is 1. The number of piperidine rings is 1. The molecule has 3 unspecified atom stereocenters. The standard InChI is InChI=1S/C47H92N2O3/c1-5-7-9-11-13-15-17-19-21-23-25-27-29-31-33-35-37-46(50)52-42-45(49-40-43(3)39-44(4)41-49)47(51)48-38-36-34-32-30-28-26-24-22-20-18-16-14-12-10-8-6-2/h43-45H,5-42H2,1-4H3,(H,48,51). The highest BCUT2D eigenvalue weighted by Crippen LogP contribution is 2.23. The van der Waals surface area contributed by atoms with Gasteiger partial charge in [0.15, 0.2) is 0 Å². The van der Waals surface area contributed by atoms with Crippen LogP contribution in [-0.2, 0) is 14.3 Å². The molecule has 308 valence electrons.